The first kappa shape index (κ1) is 16.2. The lowest BCUT2D eigenvalue weighted by atomic mass is 10.2. The number of ether oxygens (including phenoxy) is 1. The summed E-state index contributed by atoms with van der Waals surface area (Å²) in [7, 11) is 0. The van der Waals surface area contributed by atoms with Gasteiger partial charge in [0.15, 0.2) is 0 Å². The summed E-state index contributed by atoms with van der Waals surface area (Å²) in [4.78, 5) is 37.2. The maximum Gasteiger partial charge on any atom is 0.338 e. The van der Waals surface area contributed by atoms with Gasteiger partial charge in [0.1, 0.15) is 0 Å². The molecule has 1 unspecified atom stereocenters. The highest BCUT2D eigenvalue weighted by molar-refractivity contribution is 6.22. The zero-order valence-electron chi connectivity index (χ0n) is 13.0. The van der Waals surface area contributed by atoms with E-state index in [4.69, 9.17) is 4.74 Å². The standard InChI is InChI=1S/C16H20N2O4/c1-4-22-16(21)11-5-7-12(8-6-11)18-14(19)9-13(15(18)20)17-10(2)3/h5-8,10,13,17H,4,9H2,1-3H3. The van der Waals surface area contributed by atoms with Gasteiger partial charge in [0, 0.05) is 6.04 Å². The number of benzene rings is 1. The molecule has 2 rings (SSSR count). The SMILES string of the molecule is CCOC(=O)c1ccc(N2C(=O)CC(NC(C)C)C2=O)cc1. The molecule has 0 bridgehead atoms. The maximum atomic E-state index is 12.3. The van der Waals surface area contributed by atoms with Crippen LogP contribution in [0, 0.1) is 0 Å². The fourth-order valence-electron chi connectivity index (χ4n) is 2.40. The lowest BCUT2D eigenvalue weighted by molar-refractivity contribution is -0.121. The van der Waals surface area contributed by atoms with E-state index >= 15 is 0 Å². The molecule has 1 aromatic carbocycles. The summed E-state index contributed by atoms with van der Waals surface area (Å²) in [5, 5.41) is 3.08. The van der Waals surface area contributed by atoms with Gasteiger partial charge in [-0.25, -0.2) is 9.69 Å². The van der Waals surface area contributed by atoms with Crippen molar-refractivity contribution in [3.8, 4) is 0 Å². The molecule has 1 aliphatic rings. The highest BCUT2D eigenvalue weighted by atomic mass is 16.5. The molecule has 2 amide bonds. The summed E-state index contributed by atoms with van der Waals surface area (Å²) in [6, 6.07) is 5.90. The highest BCUT2D eigenvalue weighted by Gasteiger charge is 2.39. The van der Waals surface area contributed by atoms with Crippen LogP contribution >= 0.6 is 0 Å². The minimum Gasteiger partial charge on any atom is -0.462 e. The molecule has 1 aliphatic heterocycles. The van der Waals surface area contributed by atoms with Crippen molar-refractivity contribution in [3.05, 3.63) is 29.8 Å². The van der Waals surface area contributed by atoms with Crippen LogP contribution in [0.3, 0.4) is 0 Å². The summed E-state index contributed by atoms with van der Waals surface area (Å²) >= 11 is 0. The van der Waals surface area contributed by atoms with Crippen LogP contribution in [0.4, 0.5) is 5.69 Å². The van der Waals surface area contributed by atoms with Crippen LogP contribution in [0.1, 0.15) is 37.6 Å². The van der Waals surface area contributed by atoms with Crippen molar-refractivity contribution in [2.75, 3.05) is 11.5 Å². The second-order valence-electron chi connectivity index (χ2n) is 5.41. The molecule has 0 aromatic heterocycles. The summed E-state index contributed by atoms with van der Waals surface area (Å²) in [6.07, 6.45) is 0.149. The fourth-order valence-corrected chi connectivity index (χ4v) is 2.40. The van der Waals surface area contributed by atoms with E-state index in [1.807, 2.05) is 13.8 Å². The Morgan fingerprint density at radius 3 is 2.50 bits per heavy atom. The quantitative estimate of drug-likeness (QED) is 0.659. The second-order valence-corrected chi connectivity index (χ2v) is 5.41. The van der Waals surface area contributed by atoms with Crippen LogP contribution in [0.15, 0.2) is 24.3 Å². The molecular formula is C16H20N2O4. The van der Waals surface area contributed by atoms with Crippen molar-refractivity contribution >= 4 is 23.5 Å². The number of hydrogen-bond donors (Lipinski definition) is 1. The third-order valence-electron chi connectivity index (χ3n) is 3.32. The van der Waals surface area contributed by atoms with Gasteiger partial charge in [0.05, 0.1) is 30.3 Å². The Kier molecular flexibility index (Phi) is 4.92. The van der Waals surface area contributed by atoms with Gasteiger partial charge in [0.25, 0.3) is 5.91 Å². The molecular weight excluding hydrogens is 284 g/mol. The number of anilines is 1. The van der Waals surface area contributed by atoms with Crippen molar-refractivity contribution in [2.45, 2.75) is 39.3 Å². The van der Waals surface area contributed by atoms with Gasteiger partial charge in [-0.3, -0.25) is 9.59 Å². The van der Waals surface area contributed by atoms with Gasteiger partial charge < -0.3 is 10.1 Å². The fraction of sp³-hybridized carbons (Fsp3) is 0.438. The van der Waals surface area contributed by atoms with E-state index in [0.717, 1.165) is 4.90 Å². The minimum atomic E-state index is -0.489. The smallest absolute Gasteiger partial charge is 0.338 e. The Hall–Kier alpha value is -2.21. The van der Waals surface area contributed by atoms with Crippen LogP contribution in [0.25, 0.3) is 0 Å². The van der Waals surface area contributed by atoms with E-state index in [2.05, 4.69) is 5.32 Å². The zero-order valence-corrected chi connectivity index (χ0v) is 13.0. The lowest BCUT2D eigenvalue weighted by Gasteiger charge is -2.17. The van der Waals surface area contributed by atoms with Gasteiger partial charge in [-0.15, -0.1) is 0 Å². The van der Waals surface area contributed by atoms with E-state index in [0.29, 0.717) is 17.9 Å². The first-order valence-corrected chi connectivity index (χ1v) is 7.34. The maximum absolute atomic E-state index is 12.3. The molecule has 22 heavy (non-hydrogen) atoms. The largest absolute Gasteiger partial charge is 0.462 e. The number of nitrogens with one attached hydrogen (secondary N) is 1. The van der Waals surface area contributed by atoms with Crippen molar-refractivity contribution in [2.24, 2.45) is 0 Å². The van der Waals surface area contributed by atoms with Gasteiger partial charge in [-0.2, -0.15) is 0 Å². The van der Waals surface area contributed by atoms with E-state index in [1.54, 1.807) is 31.2 Å². The monoisotopic (exact) mass is 304 g/mol. The molecule has 1 N–H and O–H groups in total. The van der Waals surface area contributed by atoms with Crippen molar-refractivity contribution in [3.63, 3.8) is 0 Å². The lowest BCUT2D eigenvalue weighted by Crippen LogP contribution is -2.41. The minimum absolute atomic E-state index is 0.118. The summed E-state index contributed by atoms with van der Waals surface area (Å²) in [5.74, 6) is -0.929. The first-order valence-electron chi connectivity index (χ1n) is 7.34. The van der Waals surface area contributed by atoms with Crippen molar-refractivity contribution < 1.29 is 19.1 Å². The van der Waals surface area contributed by atoms with E-state index in [1.165, 1.54) is 0 Å². The number of imide groups is 1. The molecule has 0 radical (unpaired) electrons. The predicted molar refractivity (Wildman–Crippen MR) is 81.6 cm³/mol. The summed E-state index contributed by atoms with van der Waals surface area (Å²) in [6.45, 7) is 5.88. The Balaban J connectivity index is 2.16. The van der Waals surface area contributed by atoms with Crippen LogP contribution in [0.2, 0.25) is 0 Å². The molecule has 118 valence electrons. The number of carbonyl (C=O) groups excluding carboxylic acids is 3. The van der Waals surface area contributed by atoms with E-state index in [9.17, 15) is 14.4 Å². The number of amides is 2. The Labute approximate surface area is 129 Å². The Bertz CT molecular complexity index is 580. The molecule has 1 fully saturated rings. The van der Waals surface area contributed by atoms with Crippen molar-refractivity contribution in [1.82, 2.24) is 5.32 Å². The number of carbonyl (C=O) groups is 3. The molecule has 1 heterocycles. The topological polar surface area (TPSA) is 75.7 Å². The third-order valence-corrected chi connectivity index (χ3v) is 3.32. The molecule has 0 saturated carbocycles. The number of nitrogens with zero attached hydrogens (tertiary/aromatic N) is 1. The van der Waals surface area contributed by atoms with Crippen LogP contribution in [0.5, 0.6) is 0 Å². The predicted octanol–water partition coefficient (Wildman–Crippen LogP) is 1.49. The normalized spacial score (nSPS) is 18.2. The van der Waals surface area contributed by atoms with Crippen LogP contribution in [-0.2, 0) is 14.3 Å². The summed E-state index contributed by atoms with van der Waals surface area (Å²) in [5.41, 5.74) is 0.859. The molecule has 0 spiro atoms. The third kappa shape index (κ3) is 3.33. The van der Waals surface area contributed by atoms with Gasteiger partial charge in [-0.1, -0.05) is 13.8 Å². The Morgan fingerprint density at radius 1 is 1.32 bits per heavy atom. The van der Waals surface area contributed by atoms with E-state index in [-0.39, 0.29) is 24.3 Å². The van der Waals surface area contributed by atoms with Gasteiger partial charge in [0.2, 0.25) is 5.91 Å². The molecule has 1 atom stereocenters. The number of hydrogen-bond acceptors (Lipinski definition) is 5. The average molecular weight is 304 g/mol. The second kappa shape index (κ2) is 6.70. The summed E-state index contributed by atoms with van der Waals surface area (Å²) < 4.78 is 4.90. The van der Waals surface area contributed by atoms with Crippen molar-refractivity contribution in [1.29, 1.82) is 0 Å². The van der Waals surface area contributed by atoms with Gasteiger partial charge in [-0.05, 0) is 31.2 Å². The molecule has 1 saturated heterocycles. The highest BCUT2D eigenvalue weighted by Crippen LogP contribution is 2.23. The number of rotatable bonds is 5. The number of esters is 1. The molecule has 6 nitrogen and oxygen atoms in total. The average Bonchev–Trinajstić information content (AvgIpc) is 2.73. The molecule has 0 aliphatic carbocycles. The molecule has 6 heteroatoms. The van der Waals surface area contributed by atoms with Crippen LogP contribution in [-0.4, -0.2) is 36.5 Å². The first-order chi connectivity index (χ1) is 10.4. The molecule has 1 aromatic rings. The van der Waals surface area contributed by atoms with E-state index < -0.39 is 12.0 Å². The zero-order chi connectivity index (χ0) is 16.3. The van der Waals surface area contributed by atoms with Gasteiger partial charge >= 0.3 is 5.97 Å². The van der Waals surface area contributed by atoms with Crippen LogP contribution < -0.4 is 10.2 Å². The Morgan fingerprint density at radius 2 is 1.95 bits per heavy atom.